The van der Waals surface area contributed by atoms with Gasteiger partial charge in [0, 0.05) is 29.3 Å². The Morgan fingerprint density at radius 2 is 2.00 bits per heavy atom. The lowest BCUT2D eigenvalue weighted by Gasteiger charge is -2.25. The molecule has 23 heavy (non-hydrogen) atoms. The van der Waals surface area contributed by atoms with Gasteiger partial charge in [0.1, 0.15) is 11.6 Å². The number of allylic oxidation sites excluding steroid dienone is 1. The Morgan fingerprint density at radius 1 is 1.17 bits per heavy atom. The zero-order valence-electron chi connectivity index (χ0n) is 11.9. The number of nitrogens with zero attached hydrogens (tertiary/aromatic N) is 2. The largest absolute Gasteiger partial charge is 0.353 e. The van der Waals surface area contributed by atoms with E-state index in [-0.39, 0.29) is 17.2 Å². The molecule has 0 radical (unpaired) electrons. The number of nitrogens with one attached hydrogen (secondary N) is 2. The SMILES string of the molecule is O=C1CCCC2=C1[C@H](c1ccc(F)cc1F)Nc1nonc1N2. The monoisotopic (exact) mass is 318 g/mol. The molecule has 0 saturated carbocycles. The molecule has 2 heterocycles. The molecule has 8 heteroatoms. The number of rotatable bonds is 1. The van der Waals surface area contributed by atoms with Gasteiger partial charge in [0.15, 0.2) is 5.78 Å². The highest BCUT2D eigenvalue weighted by Gasteiger charge is 2.35. The van der Waals surface area contributed by atoms with Crippen LogP contribution in [0.1, 0.15) is 30.9 Å². The van der Waals surface area contributed by atoms with Crippen LogP contribution in [-0.4, -0.2) is 16.1 Å². The summed E-state index contributed by atoms with van der Waals surface area (Å²) in [5, 5.41) is 13.5. The molecule has 6 nitrogen and oxygen atoms in total. The molecule has 1 aromatic heterocycles. The fourth-order valence-electron chi connectivity index (χ4n) is 3.01. The van der Waals surface area contributed by atoms with E-state index in [9.17, 15) is 13.6 Å². The summed E-state index contributed by atoms with van der Waals surface area (Å²) in [5.74, 6) is -0.862. The van der Waals surface area contributed by atoms with E-state index in [1.54, 1.807) is 0 Å². The molecule has 2 aromatic rings. The number of aromatic nitrogens is 2. The summed E-state index contributed by atoms with van der Waals surface area (Å²) in [6.07, 6.45) is 1.72. The third-order valence-electron chi connectivity index (χ3n) is 4.06. The molecular weight excluding hydrogens is 306 g/mol. The Morgan fingerprint density at radius 3 is 2.83 bits per heavy atom. The first kappa shape index (κ1) is 13.9. The standard InChI is InChI=1S/C15H12F2N4O2/c16-7-4-5-8(9(17)6-7)13-12-10(2-1-3-11(12)22)18-14-15(19-13)21-23-20-14/h4-6,13H,1-3H2,(H,18,20)(H,19,21)/t13-/m0/s1. The number of hydrogen-bond acceptors (Lipinski definition) is 6. The normalized spacial score (nSPS) is 20.3. The van der Waals surface area contributed by atoms with Crippen LogP contribution in [-0.2, 0) is 4.79 Å². The Balaban J connectivity index is 1.89. The second kappa shape index (κ2) is 5.15. The average Bonchev–Trinajstić information content (AvgIpc) is 2.87. The van der Waals surface area contributed by atoms with Crippen LogP contribution >= 0.6 is 0 Å². The number of carbonyl (C=O) groups excluding carboxylic acids is 1. The highest BCUT2D eigenvalue weighted by atomic mass is 19.1. The molecule has 0 fully saturated rings. The van der Waals surface area contributed by atoms with Crippen molar-refractivity contribution in [2.75, 3.05) is 10.6 Å². The third-order valence-corrected chi connectivity index (χ3v) is 4.06. The van der Waals surface area contributed by atoms with Crippen molar-refractivity contribution in [1.29, 1.82) is 0 Å². The van der Waals surface area contributed by atoms with Gasteiger partial charge in [-0.2, -0.15) is 0 Å². The van der Waals surface area contributed by atoms with Crippen LogP contribution in [0, 0.1) is 11.6 Å². The number of carbonyl (C=O) groups is 1. The second-order valence-electron chi connectivity index (χ2n) is 5.50. The first-order chi connectivity index (χ1) is 11.1. The number of halogens is 2. The molecule has 118 valence electrons. The number of benzene rings is 1. The van der Waals surface area contributed by atoms with Gasteiger partial charge in [-0.25, -0.2) is 13.4 Å². The minimum Gasteiger partial charge on any atom is -0.353 e. The zero-order valence-corrected chi connectivity index (χ0v) is 11.9. The molecule has 0 saturated heterocycles. The molecule has 0 amide bonds. The van der Waals surface area contributed by atoms with Crippen LogP contribution in [0.4, 0.5) is 20.4 Å². The lowest BCUT2D eigenvalue weighted by atomic mass is 9.86. The van der Waals surface area contributed by atoms with Gasteiger partial charge in [0.2, 0.25) is 11.6 Å². The maximum atomic E-state index is 14.3. The zero-order chi connectivity index (χ0) is 16.0. The molecule has 0 unspecified atom stereocenters. The summed E-state index contributed by atoms with van der Waals surface area (Å²) in [7, 11) is 0. The number of fused-ring (bicyclic) bond motifs is 1. The summed E-state index contributed by atoms with van der Waals surface area (Å²) < 4.78 is 32.1. The minimum atomic E-state index is -0.779. The third kappa shape index (κ3) is 2.26. The fraction of sp³-hybridized carbons (Fsp3) is 0.267. The highest BCUT2D eigenvalue weighted by Crippen LogP contribution is 2.39. The van der Waals surface area contributed by atoms with E-state index in [2.05, 4.69) is 25.6 Å². The first-order valence-electron chi connectivity index (χ1n) is 7.21. The lowest BCUT2D eigenvalue weighted by molar-refractivity contribution is -0.116. The maximum absolute atomic E-state index is 14.3. The van der Waals surface area contributed by atoms with Gasteiger partial charge in [0.05, 0.1) is 6.04 Å². The van der Waals surface area contributed by atoms with Gasteiger partial charge in [-0.1, -0.05) is 6.07 Å². The second-order valence-corrected chi connectivity index (χ2v) is 5.50. The van der Waals surface area contributed by atoms with Crippen molar-refractivity contribution in [3.63, 3.8) is 0 Å². The Hall–Kier alpha value is -2.77. The predicted molar refractivity (Wildman–Crippen MR) is 76.5 cm³/mol. The molecule has 2 N–H and O–H groups in total. The van der Waals surface area contributed by atoms with Gasteiger partial charge in [-0.3, -0.25) is 4.79 Å². The van der Waals surface area contributed by atoms with Gasteiger partial charge in [-0.05, 0) is 29.2 Å². The minimum absolute atomic E-state index is 0.0814. The van der Waals surface area contributed by atoms with Crippen LogP contribution < -0.4 is 10.6 Å². The van der Waals surface area contributed by atoms with E-state index in [0.29, 0.717) is 36.4 Å². The number of ketones is 1. The first-order valence-corrected chi connectivity index (χ1v) is 7.21. The molecule has 4 rings (SSSR count). The van der Waals surface area contributed by atoms with E-state index < -0.39 is 17.7 Å². The van der Waals surface area contributed by atoms with Gasteiger partial charge < -0.3 is 10.6 Å². The molecular formula is C15H12F2N4O2. The van der Waals surface area contributed by atoms with Crippen molar-refractivity contribution in [1.82, 2.24) is 10.3 Å². The summed E-state index contributed by atoms with van der Waals surface area (Å²) in [6, 6.07) is 2.51. The topological polar surface area (TPSA) is 80.1 Å². The maximum Gasteiger partial charge on any atom is 0.219 e. The Bertz CT molecular complexity index is 831. The summed E-state index contributed by atoms with van der Waals surface area (Å²) >= 11 is 0. The van der Waals surface area contributed by atoms with E-state index in [0.717, 1.165) is 12.1 Å². The summed E-state index contributed by atoms with van der Waals surface area (Å²) in [5.41, 5.74) is 1.27. The van der Waals surface area contributed by atoms with Crippen LogP contribution in [0.2, 0.25) is 0 Å². The van der Waals surface area contributed by atoms with Crippen molar-refractivity contribution in [2.24, 2.45) is 0 Å². The van der Waals surface area contributed by atoms with Crippen molar-refractivity contribution >= 4 is 17.4 Å². The van der Waals surface area contributed by atoms with Crippen molar-refractivity contribution in [3.8, 4) is 0 Å². The van der Waals surface area contributed by atoms with Crippen LogP contribution in [0.5, 0.6) is 0 Å². The quantitative estimate of drug-likeness (QED) is 0.841. The van der Waals surface area contributed by atoms with Crippen LogP contribution in [0.15, 0.2) is 34.1 Å². The van der Waals surface area contributed by atoms with Gasteiger partial charge in [-0.15, -0.1) is 0 Å². The average molecular weight is 318 g/mol. The molecule has 1 aliphatic heterocycles. The lowest BCUT2D eigenvalue weighted by Crippen LogP contribution is -2.24. The molecule has 0 bridgehead atoms. The van der Waals surface area contributed by atoms with Crippen molar-refractivity contribution in [3.05, 3.63) is 46.7 Å². The van der Waals surface area contributed by atoms with E-state index >= 15 is 0 Å². The number of hydrogen-bond donors (Lipinski definition) is 2. The van der Waals surface area contributed by atoms with Gasteiger partial charge in [0.25, 0.3) is 0 Å². The van der Waals surface area contributed by atoms with E-state index in [1.807, 2.05) is 0 Å². The smallest absolute Gasteiger partial charge is 0.219 e. The Kier molecular flexibility index (Phi) is 3.10. The molecule has 0 spiro atoms. The van der Waals surface area contributed by atoms with Crippen molar-refractivity contribution < 1.29 is 18.2 Å². The molecule has 1 aromatic carbocycles. The predicted octanol–water partition coefficient (Wildman–Crippen LogP) is 2.93. The van der Waals surface area contributed by atoms with Crippen LogP contribution in [0.25, 0.3) is 0 Å². The van der Waals surface area contributed by atoms with E-state index in [4.69, 9.17) is 0 Å². The van der Waals surface area contributed by atoms with Crippen molar-refractivity contribution in [2.45, 2.75) is 25.3 Å². The summed E-state index contributed by atoms with van der Waals surface area (Å²) in [4.78, 5) is 12.4. The highest BCUT2D eigenvalue weighted by molar-refractivity contribution is 6.00. The summed E-state index contributed by atoms with van der Waals surface area (Å²) in [6.45, 7) is 0. The molecule has 1 aliphatic carbocycles. The van der Waals surface area contributed by atoms with Crippen LogP contribution in [0.3, 0.4) is 0 Å². The van der Waals surface area contributed by atoms with Gasteiger partial charge >= 0.3 is 0 Å². The number of Topliss-reactive ketones (excluding diaryl/α,β-unsaturated/α-hetero) is 1. The molecule has 1 atom stereocenters. The molecule has 2 aliphatic rings. The Labute approximate surface area is 129 Å². The number of anilines is 2. The fourth-order valence-corrected chi connectivity index (χ4v) is 3.01. The van der Waals surface area contributed by atoms with E-state index in [1.165, 1.54) is 6.07 Å².